The monoisotopic (exact) mass is 361 g/mol. The van der Waals surface area contributed by atoms with Gasteiger partial charge in [-0.3, -0.25) is 4.79 Å². The number of fused-ring (bicyclic) bond motifs is 1. The zero-order valence-corrected chi connectivity index (χ0v) is 16.1. The van der Waals surface area contributed by atoms with Crippen LogP contribution in [0.2, 0.25) is 0 Å². The van der Waals surface area contributed by atoms with E-state index in [1.165, 1.54) is 16.5 Å². The minimum absolute atomic E-state index is 0.0467. The minimum atomic E-state index is -0.467. The molecule has 0 aliphatic rings. The predicted molar refractivity (Wildman–Crippen MR) is 111 cm³/mol. The number of rotatable bonds is 8. The van der Waals surface area contributed by atoms with Gasteiger partial charge in [0.25, 0.3) is 5.91 Å². The second kappa shape index (κ2) is 9.22. The Bertz CT molecular complexity index is 886. The number of hydrogen-bond acceptors (Lipinski definition) is 2. The number of carbonyl (C=O) groups is 1. The zero-order valence-electron chi connectivity index (χ0n) is 16.1. The van der Waals surface area contributed by atoms with Crippen molar-refractivity contribution in [2.24, 2.45) is 0 Å². The van der Waals surface area contributed by atoms with Crippen LogP contribution in [-0.4, -0.2) is 18.6 Å². The molecule has 3 aromatic rings. The molecule has 0 radical (unpaired) electrons. The van der Waals surface area contributed by atoms with Crippen LogP contribution in [0.4, 0.5) is 0 Å². The Morgan fingerprint density at radius 3 is 2.48 bits per heavy atom. The van der Waals surface area contributed by atoms with Gasteiger partial charge in [-0.2, -0.15) is 0 Å². The van der Waals surface area contributed by atoms with E-state index in [0.717, 1.165) is 24.0 Å². The molecule has 27 heavy (non-hydrogen) atoms. The Labute approximate surface area is 161 Å². The summed E-state index contributed by atoms with van der Waals surface area (Å²) in [6.45, 7) is 4.71. The van der Waals surface area contributed by atoms with E-state index >= 15 is 0 Å². The minimum Gasteiger partial charge on any atom is -0.481 e. The molecular formula is C24H27NO2. The molecule has 0 aromatic heterocycles. The van der Waals surface area contributed by atoms with Gasteiger partial charge in [0, 0.05) is 6.54 Å². The summed E-state index contributed by atoms with van der Waals surface area (Å²) in [7, 11) is 0. The van der Waals surface area contributed by atoms with E-state index in [1.54, 1.807) is 0 Å². The molecule has 3 heteroatoms. The van der Waals surface area contributed by atoms with Crippen molar-refractivity contribution in [3.05, 3.63) is 77.9 Å². The number of aryl methyl sites for hydroxylation is 2. The highest BCUT2D eigenvalue weighted by Crippen LogP contribution is 2.22. The molecule has 0 aliphatic heterocycles. The van der Waals surface area contributed by atoms with Gasteiger partial charge in [-0.1, -0.05) is 67.1 Å². The topological polar surface area (TPSA) is 38.3 Å². The first-order valence-corrected chi connectivity index (χ1v) is 9.64. The molecule has 3 rings (SSSR count). The lowest BCUT2D eigenvalue weighted by Crippen LogP contribution is -2.38. The van der Waals surface area contributed by atoms with Crippen LogP contribution >= 0.6 is 0 Å². The summed E-state index contributed by atoms with van der Waals surface area (Å²) >= 11 is 0. The molecule has 0 aliphatic carbocycles. The lowest BCUT2D eigenvalue weighted by atomic mass is 10.1. The third-order valence-electron chi connectivity index (χ3n) is 4.72. The van der Waals surface area contributed by atoms with Gasteiger partial charge in [-0.05, 0) is 54.7 Å². The van der Waals surface area contributed by atoms with E-state index in [2.05, 4.69) is 42.6 Å². The van der Waals surface area contributed by atoms with Crippen molar-refractivity contribution in [2.45, 2.75) is 39.2 Å². The molecule has 0 bridgehead atoms. The number of ether oxygens (including phenoxy) is 1. The maximum Gasteiger partial charge on any atom is 0.261 e. The zero-order chi connectivity index (χ0) is 19.1. The molecule has 0 fully saturated rings. The summed E-state index contributed by atoms with van der Waals surface area (Å²) in [4.78, 5) is 12.5. The van der Waals surface area contributed by atoms with Gasteiger partial charge < -0.3 is 10.1 Å². The first-order valence-electron chi connectivity index (χ1n) is 9.64. The van der Waals surface area contributed by atoms with Crippen LogP contribution in [0.25, 0.3) is 10.8 Å². The van der Waals surface area contributed by atoms with Gasteiger partial charge in [0.2, 0.25) is 0 Å². The van der Waals surface area contributed by atoms with Crippen LogP contribution in [0.1, 0.15) is 30.9 Å². The quantitative estimate of drug-likeness (QED) is 0.570. The highest BCUT2D eigenvalue weighted by atomic mass is 16.5. The molecule has 1 atom stereocenters. The molecule has 0 unspecified atom stereocenters. The van der Waals surface area contributed by atoms with Crippen LogP contribution in [-0.2, 0) is 11.2 Å². The number of amides is 1. The molecular weight excluding hydrogens is 334 g/mol. The summed E-state index contributed by atoms with van der Waals surface area (Å²) in [6.07, 6.45) is 2.05. The normalized spacial score (nSPS) is 11.9. The average molecular weight is 361 g/mol. The van der Waals surface area contributed by atoms with Crippen LogP contribution < -0.4 is 10.1 Å². The molecule has 3 aromatic carbocycles. The van der Waals surface area contributed by atoms with Crippen LogP contribution in [0.3, 0.4) is 0 Å². The van der Waals surface area contributed by atoms with Gasteiger partial charge >= 0.3 is 0 Å². The smallest absolute Gasteiger partial charge is 0.261 e. The maximum absolute atomic E-state index is 12.5. The number of nitrogens with one attached hydrogen (secondary N) is 1. The summed E-state index contributed by atoms with van der Waals surface area (Å²) < 4.78 is 5.95. The van der Waals surface area contributed by atoms with Crippen molar-refractivity contribution in [1.29, 1.82) is 0 Å². The fraction of sp³-hybridized carbons (Fsp3) is 0.292. The summed E-state index contributed by atoms with van der Waals surface area (Å²) in [5.74, 6) is 0.685. The first kappa shape index (κ1) is 19.0. The van der Waals surface area contributed by atoms with Crippen molar-refractivity contribution in [2.75, 3.05) is 6.54 Å². The molecule has 0 spiro atoms. The standard InChI is InChI=1S/C24H27NO2/c1-3-23(27-22-15-14-20-8-4-5-9-21(20)17-22)24(26)25-16-6-7-19-12-10-18(2)11-13-19/h4-5,8-15,17,23H,3,6-7,16H2,1-2H3,(H,25,26)/t23-/m0/s1. The van der Waals surface area contributed by atoms with Crippen LogP contribution in [0.5, 0.6) is 5.75 Å². The molecule has 1 amide bonds. The molecule has 3 nitrogen and oxygen atoms in total. The van der Waals surface area contributed by atoms with Gasteiger partial charge in [-0.25, -0.2) is 0 Å². The van der Waals surface area contributed by atoms with Gasteiger partial charge in [0.05, 0.1) is 0 Å². The number of hydrogen-bond donors (Lipinski definition) is 1. The van der Waals surface area contributed by atoms with E-state index in [1.807, 2.05) is 43.3 Å². The molecule has 0 saturated heterocycles. The molecule has 0 heterocycles. The summed E-state index contributed by atoms with van der Waals surface area (Å²) in [5.41, 5.74) is 2.57. The average Bonchev–Trinajstić information content (AvgIpc) is 2.70. The van der Waals surface area contributed by atoms with Crippen molar-refractivity contribution in [3.8, 4) is 5.75 Å². The van der Waals surface area contributed by atoms with E-state index in [0.29, 0.717) is 13.0 Å². The van der Waals surface area contributed by atoms with Gasteiger partial charge in [0.15, 0.2) is 6.10 Å². The third-order valence-corrected chi connectivity index (χ3v) is 4.72. The predicted octanol–water partition coefficient (Wildman–Crippen LogP) is 5.05. The van der Waals surface area contributed by atoms with E-state index < -0.39 is 6.10 Å². The second-order valence-corrected chi connectivity index (χ2v) is 6.90. The van der Waals surface area contributed by atoms with E-state index in [9.17, 15) is 4.79 Å². The maximum atomic E-state index is 12.5. The Morgan fingerprint density at radius 1 is 1.00 bits per heavy atom. The SMILES string of the molecule is CC[C@H](Oc1ccc2ccccc2c1)C(=O)NCCCc1ccc(C)cc1. The van der Waals surface area contributed by atoms with Gasteiger partial charge in [-0.15, -0.1) is 0 Å². The van der Waals surface area contributed by atoms with Crippen molar-refractivity contribution < 1.29 is 9.53 Å². The van der Waals surface area contributed by atoms with Crippen molar-refractivity contribution >= 4 is 16.7 Å². The first-order chi connectivity index (χ1) is 13.2. The molecule has 140 valence electrons. The number of carbonyl (C=O) groups excluding carboxylic acids is 1. The summed E-state index contributed by atoms with van der Waals surface area (Å²) in [6, 6.07) is 22.6. The van der Waals surface area contributed by atoms with Crippen LogP contribution in [0.15, 0.2) is 66.7 Å². The molecule has 1 N–H and O–H groups in total. The van der Waals surface area contributed by atoms with Gasteiger partial charge in [0.1, 0.15) is 5.75 Å². The molecule has 0 saturated carbocycles. The summed E-state index contributed by atoms with van der Waals surface area (Å²) in [5, 5.41) is 5.29. The lowest BCUT2D eigenvalue weighted by Gasteiger charge is -2.17. The lowest BCUT2D eigenvalue weighted by molar-refractivity contribution is -0.128. The Hall–Kier alpha value is -2.81. The van der Waals surface area contributed by atoms with Crippen molar-refractivity contribution in [1.82, 2.24) is 5.32 Å². The highest BCUT2D eigenvalue weighted by molar-refractivity contribution is 5.84. The van der Waals surface area contributed by atoms with Crippen LogP contribution in [0, 0.1) is 6.92 Å². The van der Waals surface area contributed by atoms with E-state index in [-0.39, 0.29) is 5.91 Å². The Morgan fingerprint density at radius 2 is 1.74 bits per heavy atom. The Balaban J connectivity index is 1.50. The fourth-order valence-corrected chi connectivity index (χ4v) is 3.10. The largest absolute Gasteiger partial charge is 0.481 e. The fourth-order valence-electron chi connectivity index (χ4n) is 3.10. The Kier molecular flexibility index (Phi) is 6.48. The van der Waals surface area contributed by atoms with E-state index in [4.69, 9.17) is 4.74 Å². The third kappa shape index (κ3) is 5.33. The number of benzene rings is 3. The second-order valence-electron chi connectivity index (χ2n) is 6.90. The highest BCUT2D eigenvalue weighted by Gasteiger charge is 2.17. The van der Waals surface area contributed by atoms with Crippen molar-refractivity contribution in [3.63, 3.8) is 0 Å².